The Morgan fingerprint density at radius 3 is 2.08 bits per heavy atom. The minimum Gasteiger partial charge on any atom is -0.483 e. The topological polar surface area (TPSA) is 94.7 Å². The normalized spacial score (nSPS) is 11.6. The van der Waals surface area contributed by atoms with Crippen molar-refractivity contribution in [1.29, 1.82) is 0 Å². The summed E-state index contributed by atoms with van der Waals surface area (Å²) in [5, 5.41) is 0. The first-order valence-electron chi connectivity index (χ1n) is 7.96. The second kappa shape index (κ2) is 7.86. The molecule has 0 amide bonds. The van der Waals surface area contributed by atoms with Gasteiger partial charge in [-0.15, -0.1) is 0 Å². The predicted molar refractivity (Wildman–Crippen MR) is 93.8 cm³/mol. The summed E-state index contributed by atoms with van der Waals surface area (Å²) in [7, 11) is 2.59. The number of hydrogen-bond donors (Lipinski definition) is 1. The zero-order chi connectivity index (χ0) is 19.4. The number of Topliss-reactive ketones (excluding diaryl/α,β-unsaturated/α-hetero) is 1. The van der Waals surface area contributed by atoms with E-state index in [1.165, 1.54) is 14.2 Å². The Kier molecular flexibility index (Phi) is 5.82. The van der Waals surface area contributed by atoms with Crippen LogP contribution in [-0.4, -0.2) is 43.0 Å². The lowest BCUT2D eigenvalue weighted by Crippen LogP contribution is -2.25. The number of rotatable bonds is 6. The van der Waals surface area contributed by atoms with Crippen LogP contribution in [0.15, 0.2) is 24.3 Å². The highest BCUT2D eigenvalue weighted by atomic mass is 16.5. The first kappa shape index (κ1) is 19.2. The zero-order valence-electron chi connectivity index (χ0n) is 15.3. The number of ketones is 1. The third-order valence-corrected chi connectivity index (χ3v) is 4.03. The highest BCUT2D eigenvalue weighted by Crippen LogP contribution is 2.22. The summed E-state index contributed by atoms with van der Waals surface area (Å²) >= 11 is 0. The van der Waals surface area contributed by atoms with Crippen molar-refractivity contribution < 1.29 is 28.6 Å². The standard InChI is InChI=1S/C19H21NO6/c1-10-15(19(23)25-5)11(2)20-16(10)17(21)12(3)26-14-8-6-13(7-9-14)18(22)24-4/h6-9,12,20H,1-5H3/t12-/m1/s1. The SMILES string of the molecule is COC(=O)c1ccc(O[C@H](C)C(=O)c2[nH]c(C)c(C(=O)OC)c2C)cc1. The lowest BCUT2D eigenvalue weighted by atomic mass is 10.1. The molecule has 0 bridgehead atoms. The van der Waals surface area contributed by atoms with Gasteiger partial charge in [-0.1, -0.05) is 0 Å². The molecule has 7 heteroatoms. The fourth-order valence-electron chi connectivity index (χ4n) is 2.65. The second-order valence-corrected chi connectivity index (χ2v) is 5.76. The first-order chi connectivity index (χ1) is 12.3. The van der Waals surface area contributed by atoms with Gasteiger partial charge in [0.05, 0.1) is 31.0 Å². The number of hydrogen-bond acceptors (Lipinski definition) is 6. The molecule has 0 aliphatic heterocycles. The van der Waals surface area contributed by atoms with Crippen molar-refractivity contribution in [3.8, 4) is 5.75 Å². The van der Waals surface area contributed by atoms with Crippen LogP contribution >= 0.6 is 0 Å². The number of carbonyl (C=O) groups excluding carboxylic acids is 3. The summed E-state index contributed by atoms with van der Waals surface area (Å²) < 4.78 is 15.0. The molecule has 0 aliphatic rings. The van der Waals surface area contributed by atoms with Gasteiger partial charge in [-0.25, -0.2) is 9.59 Å². The number of benzene rings is 1. The van der Waals surface area contributed by atoms with E-state index in [1.807, 2.05) is 0 Å². The molecular weight excluding hydrogens is 338 g/mol. The van der Waals surface area contributed by atoms with E-state index >= 15 is 0 Å². The van der Waals surface area contributed by atoms with Crippen molar-refractivity contribution in [3.63, 3.8) is 0 Å². The lowest BCUT2D eigenvalue weighted by Gasteiger charge is -2.14. The molecule has 1 heterocycles. The highest BCUT2D eigenvalue weighted by molar-refractivity contribution is 6.03. The van der Waals surface area contributed by atoms with Gasteiger partial charge in [0.15, 0.2) is 6.10 Å². The van der Waals surface area contributed by atoms with Crippen LogP contribution in [0.4, 0.5) is 0 Å². The second-order valence-electron chi connectivity index (χ2n) is 5.76. The van der Waals surface area contributed by atoms with Crippen LogP contribution in [0.3, 0.4) is 0 Å². The van der Waals surface area contributed by atoms with E-state index < -0.39 is 18.0 Å². The van der Waals surface area contributed by atoms with Gasteiger partial charge in [0, 0.05) is 5.69 Å². The number of aromatic nitrogens is 1. The summed E-state index contributed by atoms with van der Waals surface area (Å²) in [5.41, 5.74) is 2.13. The van der Waals surface area contributed by atoms with Gasteiger partial charge in [-0.05, 0) is 50.6 Å². The van der Waals surface area contributed by atoms with E-state index in [-0.39, 0.29) is 5.78 Å². The Bertz CT molecular complexity index is 834. The van der Waals surface area contributed by atoms with Crippen LogP contribution in [-0.2, 0) is 9.47 Å². The third-order valence-electron chi connectivity index (χ3n) is 4.03. The van der Waals surface area contributed by atoms with E-state index in [2.05, 4.69) is 9.72 Å². The molecule has 1 aromatic carbocycles. The molecule has 0 saturated heterocycles. The van der Waals surface area contributed by atoms with Crippen molar-refractivity contribution in [2.45, 2.75) is 26.9 Å². The minimum atomic E-state index is -0.791. The van der Waals surface area contributed by atoms with Gasteiger partial charge in [0.25, 0.3) is 0 Å². The molecule has 7 nitrogen and oxygen atoms in total. The van der Waals surface area contributed by atoms with E-state index in [9.17, 15) is 14.4 Å². The number of ether oxygens (including phenoxy) is 3. The molecule has 2 rings (SSSR count). The fourth-order valence-corrected chi connectivity index (χ4v) is 2.65. The Morgan fingerprint density at radius 2 is 1.54 bits per heavy atom. The first-order valence-corrected chi connectivity index (χ1v) is 7.96. The van der Waals surface area contributed by atoms with Crippen molar-refractivity contribution in [3.05, 3.63) is 52.3 Å². The molecule has 0 radical (unpaired) electrons. The van der Waals surface area contributed by atoms with Crippen LogP contribution in [0.5, 0.6) is 5.75 Å². The summed E-state index contributed by atoms with van der Waals surface area (Å²) in [6, 6.07) is 6.28. The summed E-state index contributed by atoms with van der Waals surface area (Å²) in [5.74, 6) is -0.804. The molecule has 0 unspecified atom stereocenters. The van der Waals surface area contributed by atoms with E-state index in [4.69, 9.17) is 9.47 Å². The van der Waals surface area contributed by atoms with E-state index in [1.54, 1.807) is 45.0 Å². The predicted octanol–water partition coefficient (Wildman–Crippen LogP) is 2.85. The van der Waals surface area contributed by atoms with Crippen LogP contribution < -0.4 is 4.74 Å². The number of aromatic amines is 1. The number of carbonyl (C=O) groups is 3. The summed E-state index contributed by atoms with van der Waals surface area (Å²) in [6.07, 6.45) is -0.791. The maximum absolute atomic E-state index is 12.7. The summed E-state index contributed by atoms with van der Waals surface area (Å²) in [6.45, 7) is 5.00. The fraction of sp³-hybridized carbons (Fsp3) is 0.316. The monoisotopic (exact) mass is 359 g/mol. The summed E-state index contributed by atoms with van der Waals surface area (Å²) in [4.78, 5) is 38.9. The molecule has 1 atom stereocenters. The number of aryl methyl sites for hydroxylation is 1. The Labute approximate surface area is 151 Å². The van der Waals surface area contributed by atoms with Gasteiger partial charge < -0.3 is 19.2 Å². The quantitative estimate of drug-likeness (QED) is 0.629. The molecule has 1 N–H and O–H groups in total. The number of H-pyrrole nitrogens is 1. The van der Waals surface area contributed by atoms with Crippen LogP contribution in [0.1, 0.15) is 49.4 Å². The molecule has 138 valence electrons. The molecule has 0 saturated carbocycles. The smallest absolute Gasteiger partial charge is 0.339 e. The molecular formula is C19H21NO6. The molecule has 26 heavy (non-hydrogen) atoms. The maximum Gasteiger partial charge on any atom is 0.339 e. The average Bonchev–Trinajstić information content (AvgIpc) is 2.94. The largest absolute Gasteiger partial charge is 0.483 e. The lowest BCUT2D eigenvalue weighted by molar-refractivity contribution is 0.0590. The van der Waals surface area contributed by atoms with Crippen LogP contribution in [0.25, 0.3) is 0 Å². The Hall–Kier alpha value is -3.09. The molecule has 0 fully saturated rings. The van der Waals surface area contributed by atoms with Crippen molar-refractivity contribution in [2.24, 2.45) is 0 Å². The van der Waals surface area contributed by atoms with Gasteiger partial charge >= 0.3 is 11.9 Å². The van der Waals surface area contributed by atoms with E-state index in [0.29, 0.717) is 33.8 Å². The van der Waals surface area contributed by atoms with Crippen LogP contribution in [0, 0.1) is 13.8 Å². The number of nitrogens with one attached hydrogen (secondary N) is 1. The van der Waals surface area contributed by atoms with E-state index in [0.717, 1.165) is 0 Å². The average molecular weight is 359 g/mol. The Balaban J connectivity index is 2.18. The number of esters is 2. The Morgan fingerprint density at radius 1 is 0.962 bits per heavy atom. The third kappa shape index (κ3) is 3.77. The maximum atomic E-state index is 12.7. The minimum absolute atomic E-state index is 0.294. The van der Waals surface area contributed by atoms with Gasteiger partial charge in [-0.2, -0.15) is 0 Å². The van der Waals surface area contributed by atoms with Gasteiger partial charge in [0.1, 0.15) is 5.75 Å². The van der Waals surface area contributed by atoms with Gasteiger partial charge in [0.2, 0.25) is 5.78 Å². The van der Waals surface area contributed by atoms with Crippen molar-refractivity contribution >= 4 is 17.7 Å². The van der Waals surface area contributed by atoms with Crippen molar-refractivity contribution in [2.75, 3.05) is 14.2 Å². The zero-order valence-corrected chi connectivity index (χ0v) is 15.3. The highest BCUT2D eigenvalue weighted by Gasteiger charge is 2.26. The van der Waals surface area contributed by atoms with Gasteiger partial charge in [-0.3, -0.25) is 4.79 Å². The number of methoxy groups -OCH3 is 2. The molecule has 0 spiro atoms. The van der Waals surface area contributed by atoms with Crippen LogP contribution in [0.2, 0.25) is 0 Å². The molecule has 0 aliphatic carbocycles. The van der Waals surface area contributed by atoms with Crippen molar-refractivity contribution in [1.82, 2.24) is 4.98 Å². The molecule has 2 aromatic rings. The molecule has 1 aromatic heterocycles.